The van der Waals surface area contributed by atoms with Crippen molar-refractivity contribution in [3.63, 3.8) is 0 Å². The molecule has 0 saturated heterocycles. The van der Waals surface area contributed by atoms with Gasteiger partial charge in [-0.3, -0.25) is 0 Å². The molecule has 0 radical (unpaired) electrons. The van der Waals surface area contributed by atoms with E-state index in [1.807, 2.05) is 35.1 Å². The van der Waals surface area contributed by atoms with E-state index in [4.69, 9.17) is 4.74 Å². The van der Waals surface area contributed by atoms with Crippen LogP contribution in [0.3, 0.4) is 0 Å². The third-order valence-electron chi connectivity index (χ3n) is 2.78. The maximum atomic E-state index is 5.29. The predicted octanol–water partition coefficient (Wildman–Crippen LogP) is 3.14. The van der Waals surface area contributed by atoms with Crippen LogP contribution < -0.4 is 10.1 Å². The van der Waals surface area contributed by atoms with Crippen LogP contribution in [0.2, 0.25) is 0 Å². The van der Waals surface area contributed by atoms with E-state index in [0.717, 1.165) is 41.1 Å². The Bertz CT molecular complexity index is 539. The summed E-state index contributed by atoms with van der Waals surface area (Å²) in [5.74, 6) is 0.804. The molecule has 2 rings (SSSR count). The highest BCUT2D eigenvalue weighted by atomic mass is 79.9. The Morgan fingerprint density at radius 3 is 2.95 bits per heavy atom. The molecule has 0 bridgehead atoms. The molecule has 1 N–H and O–H groups in total. The van der Waals surface area contributed by atoms with Gasteiger partial charge >= 0.3 is 0 Å². The lowest BCUT2D eigenvalue weighted by atomic mass is 10.3. The van der Waals surface area contributed by atoms with Crippen LogP contribution in [0, 0.1) is 0 Å². The van der Waals surface area contributed by atoms with Crippen molar-refractivity contribution in [2.45, 2.75) is 19.9 Å². The van der Waals surface area contributed by atoms with Crippen molar-refractivity contribution in [3.8, 4) is 11.4 Å². The van der Waals surface area contributed by atoms with Gasteiger partial charge < -0.3 is 10.1 Å². The standard InChI is InChI=1S/C14H18BrN3O/c1-3-7-16-10-11-6-8-18(17-11)12-4-5-13(15)14(9-12)19-2/h4-6,8-9,16H,3,7,10H2,1-2H3. The number of hydrogen-bond acceptors (Lipinski definition) is 3. The number of nitrogens with zero attached hydrogens (tertiary/aromatic N) is 2. The zero-order valence-electron chi connectivity index (χ0n) is 11.2. The minimum absolute atomic E-state index is 0.800. The van der Waals surface area contributed by atoms with E-state index in [9.17, 15) is 0 Å². The molecule has 1 heterocycles. The van der Waals surface area contributed by atoms with Gasteiger partial charge in [0.2, 0.25) is 0 Å². The second-order valence-corrected chi connectivity index (χ2v) is 5.10. The van der Waals surface area contributed by atoms with E-state index in [2.05, 4.69) is 33.3 Å². The second kappa shape index (κ2) is 6.73. The number of nitrogens with one attached hydrogen (secondary N) is 1. The number of halogens is 1. The lowest BCUT2D eigenvalue weighted by Crippen LogP contribution is -2.14. The predicted molar refractivity (Wildman–Crippen MR) is 79.8 cm³/mol. The van der Waals surface area contributed by atoms with Crippen LogP contribution in [-0.4, -0.2) is 23.4 Å². The van der Waals surface area contributed by atoms with E-state index in [1.54, 1.807) is 7.11 Å². The molecule has 0 fully saturated rings. The quantitative estimate of drug-likeness (QED) is 0.830. The van der Waals surface area contributed by atoms with Gasteiger partial charge in [-0.05, 0) is 47.1 Å². The first-order valence-corrected chi connectivity index (χ1v) is 7.13. The molecule has 0 unspecified atom stereocenters. The highest BCUT2D eigenvalue weighted by Crippen LogP contribution is 2.26. The normalized spacial score (nSPS) is 10.7. The fourth-order valence-electron chi connectivity index (χ4n) is 1.78. The van der Waals surface area contributed by atoms with Crippen LogP contribution >= 0.6 is 15.9 Å². The zero-order chi connectivity index (χ0) is 13.7. The summed E-state index contributed by atoms with van der Waals surface area (Å²) >= 11 is 3.45. The zero-order valence-corrected chi connectivity index (χ0v) is 12.8. The molecule has 5 heteroatoms. The van der Waals surface area contributed by atoms with E-state index < -0.39 is 0 Å². The largest absolute Gasteiger partial charge is 0.495 e. The molecule has 0 saturated carbocycles. The smallest absolute Gasteiger partial charge is 0.135 e. The molecule has 0 aliphatic carbocycles. The minimum Gasteiger partial charge on any atom is -0.495 e. The third kappa shape index (κ3) is 3.58. The summed E-state index contributed by atoms with van der Waals surface area (Å²) < 4.78 is 8.09. The average molecular weight is 324 g/mol. The maximum Gasteiger partial charge on any atom is 0.135 e. The molecule has 0 atom stereocenters. The Labute approximate surface area is 121 Å². The van der Waals surface area contributed by atoms with Gasteiger partial charge in [-0.25, -0.2) is 4.68 Å². The highest BCUT2D eigenvalue weighted by molar-refractivity contribution is 9.10. The number of methoxy groups -OCH3 is 1. The first kappa shape index (κ1) is 14.1. The first-order chi connectivity index (χ1) is 9.24. The molecule has 19 heavy (non-hydrogen) atoms. The molecule has 1 aromatic heterocycles. The molecule has 0 aliphatic rings. The average Bonchev–Trinajstić information content (AvgIpc) is 2.88. The molecule has 102 valence electrons. The van der Waals surface area contributed by atoms with Crippen molar-refractivity contribution in [2.75, 3.05) is 13.7 Å². The van der Waals surface area contributed by atoms with Crippen molar-refractivity contribution in [1.29, 1.82) is 0 Å². The summed E-state index contributed by atoms with van der Waals surface area (Å²) in [5.41, 5.74) is 2.03. The third-order valence-corrected chi connectivity index (χ3v) is 3.43. The van der Waals surface area contributed by atoms with Gasteiger partial charge in [0.15, 0.2) is 0 Å². The minimum atomic E-state index is 0.800. The number of aromatic nitrogens is 2. The number of rotatable bonds is 6. The molecule has 0 amide bonds. The van der Waals surface area contributed by atoms with Crippen LogP contribution in [0.15, 0.2) is 34.9 Å². The Hall–Kier alpha value is -1.33. The van der Waals surface area contributed by atoms with Crippen LogP contribution in [0.1, 0.15) is 19.0 Å². The lowest BCUT2D eigenvalue weighted by molar-refractivity contribution is 0.412. The van der Waals surface area contributed by atoms with Crippen molar-refractivity contribution in [3.05, 3.63) is 40.6 Å². The fourth-order valence-corrected chi connectivity index (χ4v) is 2.19. The van der Waals surface area contributed by atoms with Gasteiger partial charge in [0.05, 0.1) is 23.0 Å². The van der Waals surface area contributed by atoms with Crippen molar-refractivity contribution < 1.29 is 4.74 Å². The van der Waals surface area contributed by atoms with Crippen molar-refractivity contribution >= 4 is 15.9 Å². The summed E-state index contributed by atoms with van der Waals surface area (Å²) in [4.78, 5) is 0. The van der Waals surface area contributed by atoms with Gasteiger partial charge in [0, 0.05) is 18.8 Å². The molecular weight excluding hydrogens is 306 g/mol. The van der Waals surface area contributed by atoms with E-state index in [-0.39, 0.29) is 0 Å². The molecule has 4 nitrogen and oxygen atoms in total. The molecule has 1 aromatic carbocycles. The maximum absolute atomic E-state index is 5.29. The summed E-state index contributed by atoms with van der Waals surface area (Å²) in [6, 6.07) is 7.95. The second-order valence-electron chi connectivity index (χ2n) is 4.25. The summed E-state index contributed by atoms with van der Waals surface area (Å²) in [6.07, 6.45) is 3.09. The molecule has 0 aliphatic heterocycles. The van der Waals surface area contributed by atoms with Gasteiger partial charge in [-0.1, -0.05) is 6.92 Å². The van der Waals surface area contributed by atoms with Crippen LogP contribution in [0.5, 0.6) is 5.75 Å². The molecule has 2 aromatic rings. The highest BCUT2D eigenvalue weighted by Gasteiger charge is 2.05. The summed E-state index contributed by atoms with van der Waals surface area (Å²) in [7, 11) is 1.66. The van der Waals surface area contributed by atoms with E-state index in [0.29, 0.717) is 0 Å². The van der Waals surface area contributed by atoms with Crippen LogP contribution in [0.25, 0.3) is 5.69 Å². The van der Waals surface area contributed by atoms with E-state index in [1.165, 1.54) is 0 Å². The number of ether oxygens (including phenoxy) is 1. The number of hydrogen-bond donors (Lipinski definition) is 1. The van der Waals surface area contributed by atoms with Crippen LogP contribution in [0.4, 0.5) is 0 Å². The molecule has 0 spiro atoms. The van der Waals surface area contributed by atoms with Gasteiger partial charge in [-0.2, -0.15) is 5.10 Å². The van der Waals surface area contributed by atoms with Gasteiger partial charge in [0.25, 0.3) is 0 Å². The topological polar surface area (TPSA) is 39.1 Å². The Morgan fingerprint density at radius 1 is 1.37 bits per heavy atom. The van der Waals surface area contributed by atoms with E-state index >= 15 is 0 Å². The Kier molecular flexibility index (Phi) is 4.99. The number of benzene rings is 1. The molecular formula is C14H18BrN3O. The SMILES string of the molecule is CCCNCc1ccn(-c2ccc(Br)c(OC)c2)n1. The lowest BCUT2D eigenvalue weighted by Gasteiger charge is -2.06. The Balaban J connectivity index is 2.13. The van der Waals surface area contributed by atoms with Crippen molar-refractivity contribution in [2.24, 2.45) is 0 Å². The van der Waals surface area contributed by atoms with Gasteiger partial charge in [0.1, 0.15) is 5.75 Å². The fraction of sp³-hybridized carbons (Fsp3) is 0.357. The van der Waals surface area contributed by atoms with Gasteiger partial charge in [-0.15, -0.1) is 0 Å². The summed E-state index contributed by atoms with van der Waals surface area (Å²) in [5, 5.41) is 7.88. The summed E-state index contributed by atoms with van der Waals surface area (Å²) in [6.45, 7) is 3.97. The Morgan fingerprint density at radius 2 is 2.21 bits per heavy atom. The van der Waals surface area contributed by atoms with Crippen LogP contribution in [-0.2, 0) is 6.54 Å². The first-order valence-electron chi connectivity index (χ1n) is 6.33. The van der Waals surface area contributed by atoms with Crippen molar-refractivity contribution in [1.82, 2.24) is 15.1 Å². The monoisotopic (exact) mass is 323 g/mol.